The summed E-state index contributed by atoms with van der Waals surface area (Å²) in [5.74, 6) is -1.13. The summed E-state index contributed by atoms with van der Waals surface area (Å²) >= 11 is 0. The molecule has 1 aromatic rings. The van der Waals surface area contributed by atoms with E-state index < -0.39 is 33.9 Å². The quantitative estimate of drug-likeness (QED) is 0.625. The normalized spacial score (nSPS) is 19.4. The molecule has 0 bridgehead atoms. The lowest BCUT2D eigenvalue weighted by Gasteiger charge is -2.23. The number of nitrogens with one attached hydrogen (secondary N) is 2. The molecular weight excluding hydrogens is 410 g/mol. The number of furan rings is 1. The molecule has 0 aromatic carbocycles. The second-order valence-corrected chi connectivity index (χ2v) is 10.2. The summed E-state index contributed by atoms with van der Waals surface area (Å²) in [6.45, 7) is 7.11. The van der Waals surface area contributed by atoms with Crippen molar-refractivity contribution in [1.29, 1.82) is 0 Å². The van der Waals surface area contributed by atoms with Gasteiger partial charge in [-0.1, -0.05) is 13.8 Å². The minimum atomic E-state index is -3.47. The molecule has 2 heterocycles. The molecule has 0 radical (unpaired) electrons. The Labute approximate surface area is 177 Å². The smallest absolute Gasteiger partial charge is 0.287 e. The molecule has 168 valence electrons. The maximum Gasteiger partial charge on any atom is 0.287 e. The van der Waals surface area contributed by atoms with Crippen molar-refractivity contribution in [1.82, 2.24) is 14.9 Å². The molecule has 1 saturated heterocycles. The zero-order valence-corrected chi connectivity index (χ0v) is 18.8. The van der Waals surface area contributed by atoms with E-state index in [2.05, 4.69) is 10.6 Å². The highest BCUT2D eigenvalue weighted by Crippen LogP contribution is 2.15. The first-order valence-electron chi connectivity index (χ1n) is 10.2. The fourth-order valence-electron chi connectivity index (χ4n) is 3.37. The number of amides is 2. The average molecular weight is 442 g/mol. The fourth-order valence-corrected chi connectivity index (χ4v) is 4.47. The number of hydrogen-bond donors (Lipinski definition) is 2. The summed E-state index contributed by atoms with van der Waals surface area (Å²) in [5, 5.41) is 5.41. The first-order chi connectivity index (χ1) is 14.0. The summed E-state index contributed by atoms with van der Waals surface area (Å²) in [7, 11) is -3.47. The number of aryl methyl sites for hydroxylation is 1. The molecule has 1 fully saturated rings. The van der Waals surface area contributed by atoms with E-state index in [1.165, 1.54) is 17.5 Å². The van der Waals surface area contributed by atoms with Crippen molar-refractivity contribution in [3.8, 4) is 0 Å². The summed E-state index contributed by atoms with van der Waals surface area (Å²) in [6.07, 6.45) is 2.60. The van der Waals surface area contributed by atoms with Crippen LogP contribution in [0.2, 0.25) is 0 Å². The summed E-state index contributed by atoms with van der Waals surface area (Å²) in [6, 6.07) is 0.0345. The number of hydrogen-bond acceptors (Lipinski definition) is 6. The molecule has 1 aliphatic rings. The third-order valence-corrected chi connectivity index (χ3v) is 6.92. The molecule has 30 heavy (non-hydrogen) atoms. The van der Waals surface area contributed by atoms with E-state index in [0.29, 0.717) is 24.8 Å². The van der Waals surface area contributed by atoms with Crippen LogP contribution in [0.5, 0.6) is 0 Å². The first kappa shape index (κ1) is 24.1. The highest BCUT2D eigenvalue weighted by Gasteiger charge is 2.33. The molecule has 9 nitrogen and oxygen atoms in total. The minimum absolute atomic E-state index is 0.0774. The van der Waals surface area contributed by atoms with Gasteiger partial charge < -0.3 is 15.1 Å². The van der Waals surface area contributed by atoms with Gasteiger partial charge in [0.2, 0.25) is 15.9 Å². The van der Waals surface area contributed by atoms with Crippen LogP contribution in [-0.2, 0) is 19.6 Å². The van der Waals surface area contributed by atoms with Crippen molar-refractivity contribution in [2.24, 2.45) is 5.92 Å². The van der Waals surface area contributed by atoms with Gasteiger partial charge >= 0.3 is 0 Å². The van der Waals surface area contributed by atoms with Gasteiger partial charge in [-0.15, -0.1) is 0 Å². The Morgan fingerprint density at radius 1 is 1.33 bits per heavy atom. The third-order valence-electron chi connectivity index (χ3n) is 5.09. The summed E-state index contributed by atoms with van der Waals surface area (Å²) in [4.78, 5) is 38.0. The van der Waals surface area contributed by atoms with Crippen molar-refractivity contribution in [3.05, 3.63) is 23.7 Å². The van der Waals surface area contributed by atoms with Crippen LogP contribution in [0.4, 0.5) is 0 Å². The highest BCUT2D eigenvalue weighted by molar-refractivity contribution is 7.89. The van der Waals surface area contributed by atoms with E-state index in [0.717, 1.165) is 0 Å². The lowest BCUT2D eigenvalue weighted by molar-refractivity contribution is -0.129. The van der Waals surface area contributed by atoms with Gasteiger partial charge in [0.05, 0.1) is 24.6 Å². The Balaban J connectivity index is 2.08. The number of carbonyl (C=O) groups is 3. The molecule has 0 saturated carbocycles. The largest absolute Gasteiger partial charge is 0.459 e. The highest BCUT2D eigenvalue weighted by atomic mass is 32.2. The van der Waals surface area contributed by atoms with Crippen molar-refractivity contribution < 1.29 is 27.2 Å². The molecule has 1 aliphatic heterocycles. The number of carbonyl (C=O) groups excluding carboxylic acids is 3. The van der Waals surface area contributed by atoms with Gasteiger partial charge in [0.15, 0.2) is 11.5 Å². The van der Waals surface area contributed by atoms with Crippen LogP contribution in [-0.4, -0.2) is 61.2 Å². The Hall–Kier alpha value is -2.20. The standard InChI is InChI=1S/C20H31N3O6S/c1-5-30(27,28)23-9-6-7-15(17(24)12-23)21-19(25)16(11-13(2)3)22-20(26)18-14(4)8-10-29-18/h8,10,13,15-16H,5-7,9,11-12H2,1-4H3,(H,21,25)(H,22,26)/t15?,16-/m0/s1. The number of Topliss-reactive ketones (excluding diaryl/α,β-unsaturated/α-hetero) is 1. The van der Waals surface area contributed by atoms with Crippen molar-refractivity contribution in [3.63, 3.8) is 0 Å². The Kier molecular flexibility index (Phi) is 8.19. The van der Waals surface area contributed by atoms with Gasteiger partial charge in [-0.25, -0.2) is 8.42 Å². The number of rotatable bonds is 8. The van der Waals surface area contributed by atoms with E-state index in [-0.39, 0.29) is 36.3 Å². The fraction of sp³-hybridized carbons (Fsp3) is 0.650. The zero-order chi connectivity index (χ0) is 22.5. The Morgan fingerprint density at radius 2 is 2.03 bits per heavy atom. The van der Waals surface area contributed by atoms with Crippen LogP contribution in [0.3, 0.4) is 0 Å². The van der Waals surface area contributed by atoms with Crippen molar-refractivity contribution in [2.45, 2.75) is 59.0 Å². The molecule has 0 aliphatic carbocycles. The second kappa shape index (κ2) is 10.2. The van der Waals surface area contributed by atoms with E-state index in [4.69, 9.17) is 4.42 Å². The van der Waals surface area contributed by atoms with E-state index in [1.807, 2.05) is 13.8 Å². The first-order valence-corrected chi connectivity index (χ1v) is 11.8. The minimum Gasteiger partial charge on any atom is -0.459 e. The van der Waals surface area contributed by atoms with E-state index in [1.54, 1.807) is 13.0 Å². The van der Waals surface area contributed by atoms with Crippen molar-refractivity contribution in [2.75, 3.05) is 18.8 Å². The third kappa shape index (κ3) is 6.15. The van der Waals surface area contributed by atoms with E-state index >= 15 is 0 Å². The SMILES string of the molecule is CCS(=O)(=O)N1CCCC(NC(=O)[C@H](CC(C)C)NC(=O)c2occc2C)C(=O)C1. The van der Waals surface area contributed by atoms with Crippen LogP contribution in [0.25, 0.3) is 0 Å². The van der Waals surface area contributed by atoms with Crippen molar-refractivity contribution >= 4 is 27.6 Å². The molecule has 1 aromatic heterocycles. The monoisotopic (exact) mass is 441 g/mol. The second-order valence-electron chi connectivity index (χ2n) is 7.99. The molecule has 2 atom stereocenters. The van der Waals surface area contributed by atoms with Crippen LogP contribution in [0, 0.1) is 12.8 Å². The molecule has 2 rings (SSSR count). The van der Waals surface area contributed by atoms with Gasteiger partial charge in [0.1, 0.15) is 6.04 Å². The lowest BCUT2D eigenvalue weighted by atomic mass is 10.0. The van der Waals surface area contributed by atoms with Gasteiger partial charge in [0.25, 0.3) is 5.91 Å². The van der Waals surface area contributed by atoms with Crippen LogP contribution < -0.4 is 10.6 Å². The lowest BCUT2D eigenvalue weighted by Crippen LogP contribution is -2.52. The van der Waals surface area contributed by atoms with Gasteiger partial charge in [-0.2, -0.15) is 4.31 Å². The molecule has 2 amide bonds. The van der Waals surface area contributed by atoms with Gasteiger partial charge in [0, 0.05) is 12.1 Å². The number of nitrogens with zero attached hydrogens (tertiary/aromatic N) is 1. The maximum absolute atomic E-state index is 12.9. The Morgan fingerprint density at radius 3 is 2.60 bits per heavy atom. The molecular formula is C20H31N3O6S. The molecule has 2 N–H and O–H groups in total. The molecule has 10 heteroatoms. The number of ketones is 1. The summed E-state index contributed by atoms with van der Waals surface area (Å²) < 4.78 is 30.6. The zero-order valence-electron chi connectivity index (χ0n) is 17.9. The topological polar surface area (TPSA) is 126 Å². The predicted octanol–water partition coefficient (Wildman–Crippen LogP) is 1.23. The number of sulfonamides is 1. The Bertz CT molecular complexity index is 877. The van der Waals surface area contributed by atoms with Crippen LogP contribution in [0.1, 0.15) is 56.2 Å². The average Bonchev–Trinajstić information content (AvgIpc) is 3.01. The summed E-state index contributed by atoms with van der Waals surface area (Å²) in [5.41, 5.74) is 0.660. The van der Waals surface area contributed by atoms with E-state index in [9.17, 15) is 22.8 Å². The van der Waals surface area contributed by atoms with Crippen LogP contribution >= 0.6 is 0 Å². The van der Waals surface area contributed by atoms with Gasteiger partial charge in [-0.3, -0.25) is 14.4 Å². The maximum atomic E-state index is 12.9. The van der Waals surface area contributed by atoms with Gasteiger partial charge in [-0.05, 0) is 45.1 Å². The molecule has 0 spiro atoms. The predicted molar refractivity (Wildman–Crippen MR) is 111 cm³/mol. The van der Waals surface area contributed by atoms with Crippen LogP contribution in [0.15, 0.2) is 16.7 Å². The molecule has 1 unspecified atom stereocenters.